The molecule has 0 amide bonds. The molecule has 0 unspecified atom stereocenters. The highest BCUT2D eigenvalue weighted by Gasteiger charge is 2.08. The molecule has 0 aliphatic heterocycles. The first-order valence-electron chi connectivity index (χ1n) is 4.45. The normalized spacial score (nSPS) is 11.3. The van der Waals surface area contributed by atoms with Crippen molar-refractivity contribution < 1.29 is 0 Å². The largest absolute Gasteiger partial charge is 0.285 e. The maximum Gasteiger partial charge on any atom is 0.285 e. The van der Waals surface area contributed by atoms with Crippen LogP contribution in [-0.4, -0.2) is 24.6 Å². The molecule has 0 bridgehead atoms. The van der Waals surface area contributed by atoms with Crippen LogP contribution in [0.2, 0.25) is 0 Å². The zero-order chi connectivity index (χ0) is 10.4. The second-order valence-corrected chi connectivity index (χ2v) is 3.25. The summed E-state index contributed by atoms with van der Waals surface area (Å²) in [4.78, 5) is 16.2. The summed E-state index contributed by atoms with van der Waals surface area (Å²) in [6.07, 6.45) is 0. The molecule has 3 aromatic rings. The van der Waals surface area contributed by atoms with E-state index in [1.807, 2.05) is 6.07 Å². The lowest BCUT2D eigenvalue weighted by Crippen LogP contribution is -2.15. The fourth-order valence-electron chi connectivity index (χ4n) is 1.54. The minimum Gasteiger partial charge on any atom is -0.266 e. The Labute approximate surface area is 83.8 Å². The molecule has 1 aromatic carbocycles. The molecule has 0 saturated heterocycles. The number of aromatic nitrogens is 5. The highest BCUT2D eigenvalue weighted by Crippen LogP contribution is 2.06. The van der Waals surface area contributed by atoms with Gasteiger partial charge >= 0.3 is 0 Å². The van der Waals surface area contributed by atoms with Crippen LogP contribution in [0.15, 0.2) is 29.1 Å². The van der Waals surface area contributed by atoms with Crippen molar-refractivity contribution in [3.05, 3.63) is 34.6 Å². The zero-order valence-corrected chi connectivity index (χ0v) is 7.95. The third-order valence-corrected chi connectivity index (χ3v) is 2.29. The van der Waals surface area contributed by atoms with Crippen molar-refractivity contribution in [1.82, 2.24) is 24.6 Å². The van der Waals surface area contributed by atoms with E-state index < -0.39 is 0 Å². The Morgan fingerprint density at radius 1 is 1.20 bits per heavy atom. The van der Waals surface area contributed by atoms with Crippen molar-refractivity contribution in [3.63, 3.8) is 0 Å². The first-order chi connectivity index (χ1) is 7.27. The molecule has 0 atom stereocenters. The fraction of sp³-hybridized carbons (Fsp3) is 0.111. The molecule has 3 rings (SSSR count). The third kappa shape index (κ3) is 0.983. The van der Waals surface area contributed by atoms with E-state index in [0.29, 0.717) is 16.7 Å². The van der Waals surface area contributed by atoms with Gasteiger partial charge in [0, 0.05) is 7.05 Å². The van der Waals surface area contributed by atoms with Gasteiger partial charge in [-0.05, 0) is 22.6 Å². The molecular weight excluding hydrogens is 194 g/mol. The molecule has 6 heteroatoms. The highest BCUT2D eigenvalue weighted by atomic mass is 16.1. The lowest BCUT2D eigenvalue weighted by atomic mass is 10.2. The minimum atomic E-state index is -0.191. The molecule has 0 radical (unpaired) electrons. The SMILES string of the molecule is Cn1nnn2c(=O)c3ccccc3nc12. The van der Waals surface area contributed by atoms with Crippen LogP contribution in [0, 0.1) is 0 Å². The van der Waals surface area contributed by atoms with E-state index in [1.165, 1.54) is 9.20 Å². The molecular formula is C9H7N5O. The van der Waals surface area contributed by atoms with E-state index in [1.54, 1.807) is 25.2 Å². The molecule has 2 aromatic heterocycles. The van der Waals surface area contributed by atoms with Crippen LogP contribution < -0.4 is 5.56 Å². The van der Waals surface area contributed by atoms with Gasteiger partial charge in [-0.1, -0.05) is 12.1 Å². The van der Waals surface area contributed by atoms with Crippen LogP contribution >= 0.6 is 0 Å². The summed E-state index contributed by atoms with van der Waals surface area (Å²) >= 11 is 0. The van der Waals surface area contributed by atoms with Gasteiger partial charge < -0.3 is 0 Å². The van der Waals surface area contributed by atoms with E-state index in [-0.39, 0.29) is 5.56 Å². The van der Waals surface area contributed by atoms with Gasteiger partial charge in [-0.25, -0.2) is 9.67 Å². The predicted molar refractivity (Wildman–Crippen MR) is 53.5 cm³/mol. The summed E-state index contributed by atoms with van der Waals surface area (Å²) in [6, 6.07) is 7.17. The summed E-state index contributed by atoms with van der Waals surface area (Å²) in [5, 5.41) is 8.02. The summed E-state index contributed by atoms with van der Waals surface area (Å²) < 4.78 is 2.66. The van der Waals surface area contributed by atoms with Crippen molar-refractivity contribution in [2.45, 2.75) is 0 Å². The maximum atomic E-state index is 11.9. The van der Waals surface area contributed by atoms with E-state index in [0.717, 1.165) is 0 Å². The van der Waals surface area contributed by atoms with E-state index >= 15 is 0 Å². The molecule has 2 heterocycles. The molecule has 0 fully saturated rings. The summed E-state index contributed by atoms with van der Waals surface area (Å²) in [7, 11) is 1.70. The molecule has 0 spiro atoms. The summed E-state index contributed by atoms with van der Waals surface area (Å²) in [6.45, 7) is 0. The molecule has 0 N–H and O–H groups in total. The second kappa shape index (κ2) is 2.63. The number of para-hydroxylation sites is 1. The first-order valence-corrected chi connectivity index (χ1v) is 4.45. The third-order valence-electron chi connectivity index (χ3n) is 2.29. The average molecular weight is 201 g/mol. The monoisotopic (exact) mass is 201 g/mol. The van der Waals surface area contributed by atoms with Crippen LogP contribution in [0.5, 0.6) is 0 Å². The van der Waals surface area contributed by atoms with Crippen LogP contribution in [-0.2, 0) is 7.05 Å². The lowest BCUT2D eigenvalue weighted by Gasteiger charge is -1.96. The van der Waals surface area contributed by atoms with Crippen LogP contribution in [0.4, 0.5) is 0 Å². The predicted octanol–water partition coefficient (Wildman–Crippen LogP) is -0.0238. The minimum absolute atomic E-state index is 0.191. The van der Waals surface area contributed by atoms with Crippen molar-refractivity contribution in [1.29, 1.82) is 0 Å². The maximum absolute atomic E-state index is 11.9. The molecule has 6 nitrogen and oxygen atoms in total. The molecule has 74 valence electrons. The standard InChI is InChI=1S/C9H7N5O/c1-13-9-10-7-5-3-2-4-6(7)8(15)14(9)12-11-13/h2-5H,1H3. The van der Waals surface area contributed by atoms with E-state index in [9.17, 15) is 4.79 Å². The molecule has 15 heavy (non-hydrogen) atoms. The Morgan fingerprint density at radius 2 is 2.00 bits per heavy atom. The number of aryl methyl sites for hydroxylation is 1. The van der Waals surface area contributed by atoms with Crippen molar-refractivity contribution in [2.24, 2.45) is 7.05 Å². The fourth-order valence-corrected chi connectivity index (χ4v) is 1.54. The van der Waals surface area contributed by atoms with E-state index in [4.69, 9.17) is 0 Å². The quantitative estimate of drug-likeness (QED) is 0.512. The molecule has 0 aliphatic carbocycles. The van der Waals surface area contributed by atoms with Gasteiger partial charge in [0.05, 0.1) is 10.9 Å². The average Bonchev–Trinajstić information content (AvgIpc) is 2.62. The topological polar surface area (TPSA) is 65.1 Å². The Morgan fingerprint density at radius 3 is 2.87 bits per heavy atom. The Bertz CT molecular complexity index is 711. The van der Waals surface area contributed by atoms with Crippen molar-refractivity contribution in [2.75, 3.05) is 0 Å². The number of hydrogen-bond donors (Lipinski definition) is 0. The van der Waals surface area contributed by atoms with Crippen LogP contribution in [0.25, 0.3) is 16.7 Å². The van der Waals surface area contributed by atoms with Gasteiger partial charge in [-0.15, -0.1) is 4.52 Å². The number of hydrogen-bond acceptors (Lipinski definition) is 4. The number of rotatable bonds is 0. The lowest BCUT2D eigenvalue weighted by molar-refractivity contribution is 0.709. The van der Waals surface area contributed by atoms with Gasteiger partial charge in [-0.3, -0.25) is 4.79 Å². The Hall–Kier alpha value is -2.24. The Kier molecular flexibility index (Phi) is 1.42. The number of nitrogens with zero attached hydrogens (tertiary/aromatic N) is 5. The highest BCUT2D eigenvalue weighted by molar-refractivity contribution is 5.78. The number of benzene rings is 1. The van der Waals surface area contributed by atoms with Gasteiger partial charge in [0.2, 0.25) is 0 Å². The van der Waals surface area contributed by atoms with Gasteiger partial charge in [0.25, 0.3) is 11.3 Å². The summed E-state index contributed by atoms with van der Waals surface area (Å²) in [5.41, 5.74) is 0.469. The van der Waals surface area contributed by atoms with Crippen LogP contribution in [0.3, 0.4) is 0 Å². The van der Waals surface area contributed by atoms with Crippen LogP contribution in [0.1, 0.15) is 0 Å². The molecule has 0 saturated carbocycles. The summed E-state index contributed by atoms with van der Waals surface area (Å²) in [5.74, 6) is 0.443. The Balaban J connectivity index is 2.68. The number of fused-ring (bicyclic) bond motifs is 2. The second-order valence-electron chi connectivity index (χ2n) is 3.25. The van der Waals surface area contributed by atoms with Gasteiger partial charge in [0.15, 0.2) is 0 Å². The molecule has 0 aliphatic rings. The van der Waals surface area contributed by atoms with Gasteiger partial charge in [0.1, 0.15) is 0 Å². The zero-order valence-electron chi connectivity index (χ0n) is 7.95. The van der Waals surface area contributed by atoms with Gasteiger partial charge in [-0.2, -0.15) is 0 Å². The van der Waals surface area contributed by atoms with Crippen molar-refractivity contribution in [3.8, 4) is 0 Å². The number of tetrazole rings is 1. The smallest absolute Gasteiger partial charge is 0.266 e. The van der Waals surface area contributed by atoms with Crippen molar-refractivity contribution >= 4 is 16.7 Å². The first kappa shape index (κ1) is 8.10. The van der Waals surface area contributed by atoms with E-state index in [2.05, 4.69) is 15.4 Å².